The number of anilines is 1. The standard InChI is InChI=1S/C25H33N3O5S/c1-19(28(34(2,30)31)22-9-10-23-24(16-22)33-14-13-32-23)25(29)26-17-20-7-6-8-21(15-20)18-27-11-4-3-5-12-27/h6-10,15-16,19H,3-5,11-14,17-18H2,1-2H3,(H,26,29)/t19-/m1/s1. The zero-order valence-electron chi connectivity index (χ0n) is 19.8. The molecule has 1 N–H and O–H groups in total. The molecule has 0 bridgehead atoms. The number of ether oxygens (including phenoxy) is 2. The molecule has 8 nitrogen and oxygen atoms in total. The van der Waals surface area contributed by atoms with E-state index in [0.717, 1.165) is 35.8 Å². The molecule has 4 rings (SSSR count). The Morgan fingerprint density at radius 1 is 1.03 bits per heavy atom. The van der Waals surface area contributed by atoms with Crippen LogP contribution in [0.25, 0.3) is 0 Å². The Bertz CT molecular complexity index is 1120. The Morgan fingerprint density at radius 2 is 1.74 bits per heavy atom. The lowest BCUT2D eigenvalue weighted by molar-refractivity contribution is -0.122. The monoisotopic (exact) mass is 487 g/mol. The van der Waals surface area contributed by atoms with Crippen LogP contribution in [0.3, 0.4) is 0 Å². The average Bonchev–Trinajstić information content (AvgIpc) is 2.82. The first-order valence-corrected chi connectivity index (χ1v) is 13.6. The molecule has 0 aromatic heterocycles. The van der Waals surface area contributed by atoms with E-state index in [9.17, 15) is 13.2 Å². The second kappa shape index (κ2) is 10.7. The summed E-state index contributed by atoms with van der Waals surface area (Å²) in [6.07, 6.45) is 4.89. The highest BCUT2D eigenvalue weighted by Gasteiger charge is 2.30. The molecule has 2 aliphatic heterocycles. The number of rotatable bonds is 8. The van der Waals surface area contributed by atoms with Crippen LogP contribution in [0.2, 0.25) is 0 Å². The van der Waals surface area contributed by atoms with Crippen LogP contribution in [-0.4, -0.2) is 57.8 Å². The number of likely N-dealkylation sites (tertiary alicyclic amines) is 1. The number of hydrogen-bond donors (Lipinski definition) is 1. The first-order valence-electron chi connectivity index (χ1n) is 11.8. The summed E-state index contributed by atoms with van der Waals surface area (Å²) in [5, 5.41) is 2.90. The van der Waals surface area contributed by atoms with Crippen LogP contribution < -0.4 is 19.1 Å². The van der Waals surface area contributed by atoms with Crippen LogP contribution in [0.15, 0.2) is 42.5 Å². The van der Waals surface area contributed by atoms with Crippen molar-refractivity contribution in [2.45, 2.75) is 45.3 Å². The molecule has 9 heteroatoms. The normalized spacial score (nSPS) is 17.1. The third kappa shape index (κ3) is 6.01. The Labute approximate surface area is 201 Å². The largest absolute Gasteiger partial charge is 0.486 e. The molecule has 2 aromatic carbocycles. The molecule has 0 aliphatic carbocycles. The number of carbonyl (C=O) groups excluding carboxylic acids is 1. The maximum absolute atomic E-state index is 13.0. The maximum Gasteiger partial charge on any atom is 0.243 e. The van der Waals surface area contributed by atoms with Crippen LogP contribution in [0.1, 0.15) is 37.3 Å². The van der Waals surface area contributed by atoms with Crippen molar-refractivity contribution in [3.05, 3.63) is 53.6 Å². The molecule has 0 spiro atoms. The lowest BCUT2D eigenvalue weighted by Crippen LogP contribution is -2.47. The molecule has 1 atom stereocenters. The molecular weight excluding hydrogens is 454 g/mol. The smallest absolute Gasteiger partial charge is 0.243 e. The van der Waals surface area contributed by atoms with Gasteiger partial charge in [0.2, 0.25) is 15.9 Å². The molecule has 1 saturated heterocycles. The summed E-state index contributed by atoms with van der Waals surface area (Å²) in [7, 11) is -3.72. The van der Waals surface area contributed by atoms with Crippen LogP contribution in [0, 0.1) is 0 Å². The van der Waals surface area contributed by atoms with Gasteiger partial charge in [0.25, 0.3) is 0 Å². The van der Waals surface area contributed by atoms with E-state index in [0.29, 0.717) is 36.9 Å². The summed E-state index contributed by atoms with van der Waals surface area (Å²) in [6, 6.07) is 12.1. The highest BCUT2D eigenvalue weighted by Crippen LogP contribution is 2.35. The Balaban J connectivity index is 1.43. The Morgan fingerprint density at radius 3 is 2.47 bits per heavy atom. The Hall–Kier alpha value is -2.78. The van der Waals surface area contributed by atoms with Crippen molar-refractivity contribution in [3.8, 4) is 11.5 Å². The summed E-state index contributed by atoms with van der Waals surface area (Å²) in [4.78, 5) is 15.4. The number of sulfonamides is 1. The minimum Gasteiger partial charge on any atom is -0.486 e. The van der Waals surface area contributed by atoms with Gasteiger partial charge in [-0.1, -0.05) is 30.7 Å². The Kier molecular flexibility index (Phi) is 7.63. The van der Waals surface area contributed by atoms with Crippen molar-refractivity contribution in [1.29, 1.82) is 0 Å². The average molecular weight is 488 g/mol. The van der Waals surface area contributed by atoms with Crippen molar-refractivity contribution < 1.29 is 22.7 Å². The van der Waals surface area contributed by atoms with Crippen LogP contribution in [0.4, 0.5) is 5.69 Å². The van der Waals surface area contributed by atoms with Gasteiger partial charge >= 0.3 is 0 Å². The van der Waals surface area contributed by atoms with E-state index in [1.54, 1.807) is 25.1 Å². The lowest BCUT2D eigenvalue weighted by atomic mass is 10.1. The van der Waals surface area contributed by atoms with Gasteiger partial charge in [-0.2, -0.15) is 0 Å². The van der Waals surface area contributed by atoms with E-state index in [1.165, 1.54) is 24.8 Å². The van der Waals surface area contributed by atoms with Gasteiger partial charge in [0.15, 0.2) is 11.5 Å². The summed E-state index contributed by atoms with van der Waals surface area (Å²) in [6.45, 7) is 5.90. The number of fused-ring (bicyclic) bond motifs is 1. The quantitative estimate of drug-likeness (QED) is 0.616. The van der Waals surface area contributed by atoms with Crippen LogP contribution in [-0.2, 0) is 27.9 Å². The molecule has 0 saturated carbocycles. The fourth-order valence-corrected chi connectivity index (χ4v) is 5.70. The maximum atomic E-state index is 13.0. The van der Waals surface area contributed by atoms with E-state index in [2.05, 4.69) is 22.3 Å². The van der Waals surface area contributed by atoms with Crippen molar-refractivity contribution in [3.63, 3.8) is 0 Å². The van der Waals surface area contributed by atoms with E-state index in [4.69, 9.17) is 9.47 Å². The highest BCUT2D eigenvalue weighted by molar-refractivity contribution is 7.92. The fourth-order valence-electron chi connectivity index (χ4n) is 4.53. The van der Waals surface area contributed by atoms with E-state index < -0.39 is 16.1 Å². The predicted octanol–water partition coefficient (Wildman–Crippen LogP) is 2.91. The summed E-state index contributed by atoms with van der Waals surface area (Å²) in [5.74, 6) is 0.655. The number of nitrogens with one attached hydrogen (secondary N) is 1. The number of benzene rings is 2. The highest BCUT2D eigenvalue weighted by atomic mass is 32.2. The third-order valence-electron chi connectivity index (χ3n) is 6.18. The first-order chi connectivity index (χ1) is 16.3. The fraction of sp³-hybridized carbons (Fsp3) is 0.480. The minimum absolute atomic E-state index is 0.329. The van der Waals surface area contributed by atoms with Gasteiger partial charge in [-0.15, -0.1) is 0 Å². The second-order valence-corrected chi connectivity index (χ2v) is 10.8. The third-order valence-corrected chi connectivity index (χ3v) is 7.42. The molecular formula is C25H33N3O5S. The van der Waals surface area contributed by atoms with E-state index in [-0.39, 0.29) is 5.91 Å². The van der Waals surface area contributed by atoms with Crippen LogP contribution in [0.5, 0.6) is 11.5 Å². The SMILES string of the molecule is C[C@H](C(=O)NCc1cccc(CN2CCCCC2)c1)N(c1ccc2c(c1)OCCO2)S(C)(=O)=O. The van der Waals surface area contributed by atoms with Gasteiger partial charge in [0.1, 0.15) is 19.3 Å². The number of piperidine rings is 1. The topological polar surface area (TPSA) is 88.2 Å². The second-order valence-electron chi connectivity index (χ2n) is 8.94. The molecule has 0 unspecified atom stereocenters. The van der Waals surface area contributed by atoms with Crippen molar-refractivity contribution in [2.75, 3.05) is 36.9 Å². The molecule has 184 valence electrons. The molecule has 0 radical (unpaired) electrons. The molecule has 2 heterocycles. The van der Waals surface area contributed by atoms with Crippen LogP contribution >= 0.6 is 0 Å². The van der Waals surface area contributed by atoms with Gasteiger partial charge in [0, 0.05) is 19.2 Å². The van der Waals surface area contributed by atoms with Crippen molar-refractivity contribution >= 4 is 21.6 Å². The van der Waals surface area contributed by atoms with Crippen molar-refractivity contribution in [1.82, 2.24) is 10.2 Å². The zero-order valence-corrected chi connectivity index (χ0v) is 20.6. The number of nitrogens with zero attached hydrogens (tertiary/aromatic N) is 2. The number of hydrogen-bond acceptors (Lipinski definition) is 6. The van der Waals surface area contributed by atoms with E-state index >= 15 is 0 Å². The number of amides is 1. The van der Waals surface area contributed by atoms with Gasteiger partial charge in [-0.25, -0.2) is 8.42 Å². The lowest BCUT2D eigenvalue weighted by Gasteiger charge is -2.29. The molecule has 34 heavy (non-hydrogen) atoms. The number of carbonyl (C=O) groups is 1. The first kappa shape index (κ1) is 24.3. The van der Waals surface area contributed by atoms with Crippen molar-refractivity contribution in [2.24, 2.45) is 0 Å². The molecule has 1 fully saturated rings. The summed E-state index contributed by atoms with van der Waals surface area (Å²) >= 11 is 0. The summed E-state index contributed by atoms with van der Waals surface area (Å²) < 4.78 is 37.5. The molecule has 2 aromatic rings. The minimum atomic E-state index is -3.72. The van der Waals surface area contributed by atoms with Gasteiger partial charge in [-0.3, -0.25) is 14.0 Å². The predicted molar refractivity (Wildman–Crippen MR) is 132 cm³/mol. The summed E-state index contributed by atoms with van der Waals surface area (Å²) in [5.41, 5.74) is 2.56. The van der Waals surface area contributed by atoms with Gasteiger partial charge < -0.3 is 14.8 Å². The zero-order chi connectivity index (χ0) is 24.1. The van der Waals surface area contributed by atoms with Gasteiger partial charge in [0.05, 0.1) is 11.9 Å². The van der Waals surface area contributed by atoms with Gasteiger partial charge in [-0.05, 0) is 56.1 Å². The molecule has 1 amide bonds. The van der Waals surface area contributed by atoms with E-state index in [1.807, 2.05) is 12.1 Å². The molecule has 2 aliphatic rings.